The van der Waals surface area contributed by atoms with Crippen LogP contribution in [0.4, 0.5) is 0 Å². The second-order valence-corrected chi connectivity index (χ2v) is 7.62. The van der Waals surface area contributed by atoms with Crippen LogP contribution in [-0.4, -0.2) is 52.2 Å². The maximum absolute atomic E-state index is 13.0. The first-order valence-corrected chi connectivity index (χ1v) is 9.02. The molecule has 5 nitrogen and oxygen atoms in total. The van der Waals surface area contributed by atoms with Crippen molar-refractivity contribution in [1.82, 2.24) is 19.6 Å². The van der Waals surface area contributed by atoms with Gasteiger partial charge in [0.1, 0.15) is 0 Å². The smallest absolute Gasteiger partial charge is 0.254 e. The Labute approximate surface area is 143 Å². The average Bonchev–Trinajstić information content (AvgIpc) is 2.94. The third kappa shape index (κ3) is 2.51. The van der Waals surface area contributed by atoms with Crippen molar-refractivity contribution in [3.05, 3.63) is 29.5 Å². The second-order valence-electron chi connectivity index (χ2n) is 7.62. The molecule has 0 unspecified atom stereocenters. The third-order valence-electron chi connectivity index (χ3n) is 5.47. The van der Waals surface area contributed by atoms with Crippen LogP contribution in [0.5, 0.6) is 0 Å². The molecular formula is C19H26N4O. The molecular weight excluding hydrogens is 300 g/mol. The van der Waals surface area contributed by atoms with Gasteiger partial charge in [-0.15, -0.1) is 0 Å². The van der Waals surface area contributed by atoms with Crippen LogP contribution in [0.3, 0.4) is 0 Å². The lowest BCUT2D eigenvalue weighted by Gasteiger charge is -2.34. The number of amides is 1. The summed E-state index contributed by atoms with van der Waals surface area (Å²) in [5, 5.41) is 5.89. The van der Waals surface area contributed by atoms with Crippen molar-refractivity contribution in [1.29, 1.82) is 0 Å². The van der Waals surface area contributed by atoms with Gasteiger partial charge in [0.15, 0.2) is 0 Å². The zero-order valence-electron chi connectivity index (χ0n) is 14.8. The van der Waals surface area contributed by atoms with E-state index >= 15 is 0 Å². The minimum Gasteiger partial charge on any atom is -0.332 e. The molecule has 2 aliphatic rings. The Morgan fingerprint density at radius 2 is 2.00 bits per heavy atom. The van der Waals surface area contributed by atoms with Gasteiger partial charge in [0.25, 0.3) is 5.91 Å². The predicted octanol–water partition coefficient (Wildman–Crippen LogP) is 2.91. The van der Waals surface area contributed by atoms with Crippen molar-refractivity contribution in [2.24, 2.45) is 5.92 Å². The predicted molar refractivity (Wildman–Crippen MR) is 95.1 cm³/mol. The van der Waals surface area contributed by atoms with Crippen molar-refractivity contribution < 1.29 is 4.79 Å². The van der Waals surface area contributed by atoms with E-state index in [-0.39, 0.29) is 5.91 Å². The molecule has 4 rings (SSSR count). The lowest BCUT2D eigenvalue weighted by Crippen LogP contribution is -2.41. The van der Waals surface area contributed by atoms with E-state index in [4.69, 9.17) is 5.10 Å². The number of piperidine rings is 1. The molecule has 5 heteroatoms. The topological polar surface area (TPSA) is 41.4 Å². The van der Waals surface area contributed by atoms with Gasteiger partial charge in [0, 0.05) is 18.0 Å². The Morgan fingerprint density at radius 3 is 2.71 bits per heavy atom. The van der Waals surface area contributed by atoms with Crippen LogP contribution >= 0.6 is 0 Å². The highest BCUT2D eigenvalue weighted by Gasteiger charge is 2.31. The van der Waals surface area contributed by atoms with E-state index in [9.17, 15) is 4.79 Å². The minimum atomic E-state index is 0.176. The number of benzene rings is 1. The fraction of sp³-hybridized carbons (Fsp3) is 0.579. The monoisotopic (exact) mass is 326 g/mol. The molecule has 1 aromatic heterocycles. The molecule has 0 saturated carbocycles. The van der Waals surface area contributed by atoms with E-state index in [0.29, 0.717) is 18.5 Å². The summed E-state index contributed by atoms with van der Waals surface area (Å²) in [7, 11) is 2.17. The fourth-order valence-corrected chi connectivity index (χ4v) is 4.08. The number of hydrogen-bond acceptors (Lipinski definition) is 3. The molecule has 1 saturated heterocycles. The fourth-order valence-electron chi connectivity index (χ4n) is 4.08. The molecule has 128 valence electrons. The largest absolute Gasteiger partial charge is 0.332 e. The van der Waals surface area contributed by atoms with Gasteiger partial charge in [-0.2, -0.15) is 5.10 Å². The Balaban J connectivity index is 1.64. The van der Waals surface area contributed by atoms with E-state index in [2.05, 4.69) is 36.5 Å². The van der Waals surface area contributed by atoms with Crippen LogP contribution < -0.4 is 0 Å². The van der Waals surface area contributed by atoms with Crippen molar-refractivity contribution in [3.63, 3.8) is 0 Å². The van der Waals surface area contributed by atoms with Gasteiger partial charge in [-0.3, -0.25) is 9.48 Å². The summed E-state index contributed by atoms with van der Waals surface area (Å²) in [6, 6.07) is 6.32. The van der Waals surface area contributed by atoms with E-state index in [1.54, 1.807) is 0 Å². The SMILES string of the molecule is CC(C)n1nc2c3c(cccc31)C(=O)N(CC1CCN(C)CC1)C2. The first-order valence-electron chi connectivity index (χ1n) is 9.02. The molecule has 0 aliphatic carbocycles. The number of nitrogens with zero attached hydrogens (tertiary/aromatic N) is 4. The van der Waals surface area contributed by atoms with Crippen LogP contribution in [0.1, 0.15) is 48.8 Å². The summed E-state index contributed by atoms with van der Waals surface area (Å²) < 4.78 is 2.06. The minimum absolute atomic E-state index is 0.176. The molecule has 24 heavy (non-hydrogen) atoms. The first kappa shape index (κ1) is 15.6. The van der Waals surface area contributed by atoms with Gasteiger partial charge in [-0.05, 0) is 64.9 Å². The van der Waals surface area contributed by atoms with Crippen LogP contribution in [0.15, 0.2) is 18.2 Å². The van der Waals surface area contributed by atoms with Crippen molar-refractivity contribution >= 4 is 16.8 Å². The normalized spacial score (nSPS) is 19.7. The van der Waals surface area contributed by atoms with Gasteiger partial charge in [-0.25, -0.2) is 0 Å². The molecule has 0 N–H and O–H groups in total. The summed E-state index contributed by atoms with van der Waals surface area (Å²) in [6.45, 7) is 8.05. The summed E-state index contributed by atoms with van der Waals surface area (Å²) in [5.41, 5.74) is 2.97. The number of carbonyl (C=O) groups excluding carboxylic acids is 1. The van der Waals surface area contributed by atoms with Gasteiger partial charge in [0.2, 0.25) is 0 Å². The number of hydrogen-bond donors (Lipinski definition) is 0. The van der Waals surface area contributed by atoms with Gasteiger partial charge >= 0.3 is 0 Å². The third-order valence-corrected chi connectivity index (χ3v) is 5.47. The summed E-state index contributed by atoms with van der Waals surface area (Å²) in [5.74, 6) is 0.786. The Bertz CT molecular complexity index is 771. The number of rotatable bonds is 3. The highest BCUT2D eigenvalue weighted by atomic mass is 16.2. The molecule has 1 amide bonds. The van der Waals surface area contributed by atoms with Crippen molar-refractivity contribution in [3.8, 4) is 0 Å². The molecule has 1 aromatic carbocycles. The van der Waals surface area contributed by atoms with Gasteiger partial charge in [-0.1, -0.05) is 6.07 Å². The van der Waals surface area contributed by atoms with Crippen molar-refractivity contribution in [2.45, 2.75) is 39.3 Å². The molecule has 0 atom stereocenters. The average molecular weight is 326 g/mol. The van der Waals surface area contributed by atoms with E-state index in [0.717, 1.165) is 41.8 Å². The Kier molecular flexibility index (Phi) is 3.83. The van der Waals surface area contributed by atoms with Crippen LogP contribution in [0.2, 0.25) is 0 Å². The Hall–Kier alpha value is -1.88. The van der Waals surface area contributed by atoms with E-state index < -0.39 is 0 Å². The zero-order chi connectivity index (χ0) is 16.8. The molecule has 2 aliphatic heterocycles. The molecule has 0 radical (unpaired) electrons. The standard InChI is InChI=1S/C19H26N4O/c1-13(2)23-17-6-4-5-15-18(17)16(20-23)12-22(19(15)24)11-14-7-9-21(3)10-8-14/h4-6,13-14H,7-12H2,1-3H3. The summed E-state index contributed by atoms with van der Waals surface area (Å²) in [6.07, 6.45) is 2.36. The van der Waals surface area contributed by atoms with Crippen LogP contribution in [0.25, 0.3) is 10.9 Å². The lowest BCUT2D eigenvalue weighted by atomic mass is 9.94. The molecule has 2 aromatic rings. The lowest BCUT2D eigenvalue weighted by molar-refractivity contribution is 0.0674. The number of aromatic nitrogens is 2. The highest BCUT2D eigenvalue weighted by molar-refractivity contribution is 6.09. The van der Waals surface area contributed by atoms with E-state index in [1.165, 1.54) is 12.8 Å². The molecule has 0 bridgehead atoms. The summed E-state index contributed by atoms with van der Waals surface area (Å²) >= 11 is 0. The zero-order valence-corrected chi connectivity index (χ0v) is 14.8. The first-order chi connectivity index (χ1) is 11.5. The van der Waals surface area contributed by atoms with Gasteiger partial charge < -0.3 is 9.80 Å². The second kappa shape index (κ2) is 5.88. The number of likely N-dealkylation sites (tertiary alicyclic amines) is 1. The molecule has 3 heterocycles. The summed E-state index contributed by atoms with van der Waals surface area (Å²) in [4.78, 5) is 17.4. The van der Waals surface area contributed by atoms with E-state index in [1.807, 2.05) is 17.0 Å². The maximum atomic E-state index is 13.0. The number of carbonyl (C=O) groups is 1. The maximum Gasteiger partial charge on any atom is 0.254 e. The highest BCUT2D eigenvalue weighted by Crippen LogP contribution is 2.32. The molecule has 1 fully saturated rings. The van der Waals surface area contributed by atoms with Crippen LogP contribution in [-0.2, 0) is 6.54 Å². The van der Waals surface area contributed by atoms with Crippen LogP contribution in [0, 0.1) is 5.92 Å². The molecule has 0 spiro atoms. The quantitative estimate of drug-likeness (QED) is 0.871. The Morgan fingerprint density at radius 1 is 1.25 bits per heavy atom. The van der Waals surface area contributed by atoms with Gasteiger partial charge in [0.05, 0.1) is 23.3 Å². The van der Waals surface area contributed by atoms with Crippen molar-refractivity contribution in [2.75, 3.05) is 26.7 Å².